The minimum atomic E-state index is 0.00596. The maximum atomic E-state index is 3.81. The van der Waals surface area contributed by atoms with E-state index in [-0.39, 0.29) is 5.41 Å². The second-order valence-electron chi connectivity index (χ2n) is 7.61. The third-order valence-electron chi connectivity index (χ3n) is 5.84. The molecule has 0 saturated carbocycles. The van der Waals surface area contributed by atoms with Crippen LogP contribution in [0.5, 0.6) is 0 Å². The fraction of sp³-hybridized carbons (Fsp3) is 0.167. The topological polar surface area (TPSA) is 0 Å². The molecule has 0 nitrogen and oxygen atoms in total. The Morgan fingerprint density at radius 1 is 0.680 bits per heavy atom. The van der Waals surface area contributed by atoms with Crippen molar-refractivity contribution in [3.8, 4) is 11.1 Å². The Kier molecular flexibility index (Phi) is 3.00. The normalized spacial score (nSPS) is 14.7. The summed E-state index contributed by atoms with van der Waals surface area (Å²) in [4.78, 5) is 0. The van der Waals surface area contributed by atoms with Crippen LogP contribution in [0.4, 0.5) is 0 Å². The predicted molar refractivity (Wildman–Crippen MR) is 111 cm³/mol. The zero-order valence-electron chi connectivity index (χ0n) is 14.7. The molecule has 0 bridgehead atoms. The van der Waals surface area contributed by atoms with Crippen LogP contribution in [0, 0.1) is 6.92 Å². The molecule has 0 fully saturated rings. The van der Waals surface area contributed by atoms with Crippen LogP contribution in [0.1, 0.15) is 30.5 Å². The van der Waals surface area contributed by atoms with Crippen molar-refractivity contribution in [3.63, 3.8) is 0 Å². The molecule has 1 heteroatoms. The van der Waals surface area contributed by atoms with Gasteiger partial charge in [0.05, 0.1) is 0 Å². The van der Waals surface area contributed by atoms with Crippen LogP contribution in [0.15, 0.2) is 65.1 Å². The summed E-state index contributed by atoms with van der Waals surface area (Å²) < 4.78 is 1.18. The Balaban J connectivity index is 2.08. The van der Waals surface area contributed by atoms with Crippen LogP contribution in [-0.4, -0.2) is 0 Å². The van der Waals surface area contributed by atoms with E-state index in [0.29, 0.717) is 0 Å². The lowest BCUT2D eigenvalue weighted by Gasteiger charge is -2.22. The molecule has 0 radical (unpaired) electrons. The zero-order chi connectivity index (χ0) is 17.3. The largest absolute Gasteiger partial charge is 0.0616 e. The van der Waals surface area contributed by atoms with Gasteiger partial charge in [-0.2, -0.15) is 0 Å². The maximum absolute atomic E-state index is 3.81. The van der Waals surface area contributed by atoms with Crippen LogP contribution in [-0.2, 0) is 5.41 Å². The van der Waals surface area contributed by atoms with Gasteiger partial charge in [0, 0.05) is 9.89 Å². The molecule has 0 aromatic heterocycles. The third-order valence-corrected chi connectivity index (χ3v) is 6.50. The first kappa shape index (κ1) is 15.2. The summed E-state index contributed by atoms with van der Waals surface area (Å²) in [5, 5.41) is 5.36. The second kappa shape index (κ2) is 4.95. The molecule has 5 rings (SSSR count). The van der Waals surface area contributed by atoms with E-state index in [1.807, 2.05) is 0 Å². The van der Waals surface area contributed by atoms with E-state index in [1.54, 1.807) is 0 Å². The number of rotatable bonds is 0. The smallest absolute Gasteiger partial charge is 0.0257 e. The van der Waals surface area contributed by atoms with Gasteiger partial charge in [-0.15, -0.1) is 0 Å². The van der Waals surface area contributed by atoms with Gasteiger partial charge >= 0.3 is 0 Å². The summed E-state index contributed by atoms with van der Waals surface area (Å²) in [6, 6.07) is 22.3. The van der Waals surface area contributed by atoms with Crippen molar-refractivity contribution in [3.05, 3.63) is 81.8 Å². The number of hydrogen-bond donors (Lipinski definition) is 0. The van der Waals surface area contributed by atoms with Crippen molar-refractivity contribution in [1.29, 1.82) is 0 Å². The highest BCUT2D eigenvalue weighted by atomic mass is 79.9. The molecule has 0 saturated heterocycles. The lowest BCUT2D eigenvalue weighted by atomic mass is 9.81. The highest BCUT2D eigenvalue weighted by Gasteiger charge is 2.38. The molecule has 1 aliphatic rings. The minimum absolute atomic E-state index is 0.00596. The fourth-order valence-electron chi connectivity index (χ4n) is 4.56. The molecule has 122 valence electrons. The summed E-state index contributed by atoms with van der Waals surface area (Å²) in [5.74, 6) is 0. The van der Waals surface area contributed by atoms with Gasteiger partial charge in [-0.05, 0) is 62.4 Å². The van der Waals surface area contributed by atoms with Crippen molar-refractivity contribution in [2.24, 2.45) is 0 Å². The zero-order valence-corrected chi connectivity index (χ0v) is 16.2. The van der Waals surface area contributed by atoms with E-state index in [2.05, 4.69) is 97.4 Å². The predicted octanol–water partition coefficient (Wildman–Crippen LogP) is 7.37. The first-order valence-electron chi connectivity index (χ1n) is 8.75. The molecular weight excluding hydrogens is 368 g/mol. The molecule has 0 N–H and O–H groups in total. The number of halogens is 1. The third kappa shape index (κ3) is 1.88. The van der Waals surface area contributed by atoms with Gasteiger partial charge in [0.1, 0.15) is 0 Å². The van der Waals surface area contributed by atoms with Gasteiger partial charge in [0.15, 0.2) is 0 Å². The molecule has 25 heavy (non-hydrogen) atoms. The van der Waals surface area contributed by atoms with E-state index in [1.165, 1.54) is 53.8 Å². The SMILES string of the molecule is Cc1cc2c(c3ccccc13)-c1c(cc(Br)c3ccccc13)C2(C)C. The quantitative estimate of drug-likeness (QED) is 0.295. The van der Waals surface area contributed by atoms with E-state index in [9.17, 15) is 0 Å². The van der Waals surface area contributed by atoms with Crippen LogP contribution >= 0.6 is 15.9 Å². The lowest BCUT2D eigenvalue weighted by Crippen LogP contribution is -2.15. The number of hydrogen-bond acceptors (Lipinski definition) is 0. The van der Waals surface area contributed by atoms with Gasteiger partial charge in [0.2, 0.25) is 0 Å². The standard InChI is InChI=1S/C24H19Br/c1-14-12-19-22(17-10-6-4-8-15(14)17)23-18-11-7-5-9-16(18)21(25)13-20(23)24(19,2)3/h4-13H,1-3H3. The average Bonchev–Trinajstić information content (AvgIpc) is 2.84. The second-order valence-corrected chi connectivity index (χ2v) is 8.47. The summed E-state index contributed by atoms with van der Waals surface area (Å²) in [5.41, 5.74) is 7.07. The van der Waals surface area contributed by atoms with Gasteiger partial charge in [-0.3, -0.25) is 0 Å². The van der Waals surface area contributed by atoms with E-state index in [4.69, 9.17) is 0 Å². The molecule has 0 heterocycles. The van der Waals surface area contributed by atoms with E-state index in [0.717, 1.165) is 0 Å². The van der Waals surface area contributed by atoms with Crippen molar-refractivity contribution < 1.29 is 0 Å². The summed E-state index contributed by atoms with van der Waals surface area (Å²) >= 11 is 3.81. The first-order valence-corrected chi connectivity index (χ1v) is 9.54. The van der Waals surface area contributed by atoms with E-state index < -0.39 is 0 Å². The van der Waals surface area contributed by atoms with Crippen LogP contribution < -0.4 is 0 Å². The number of aryl methyl sites for hydroxylation is 1. The Hall–Kier alpha value is -2.12. The van der Waals surface area contributed by atoms with Crippen molar-refractivity contribution in [2.45, 2.75) is 26.2 Å². The highest BCUT2D eigenvalue weighted by Crippen LogP contribution is 2.55. The molecule has 0 spiro atoms. The van der Waals surface area contributed by atoms with Gasteiger partial charge in [-0.1, -0.05) is 84.4 Å². The summed E-state index contributed by atoms with van der Waals surface area (Å²) in [6.07, 6.45) is 0. The molecule has 0 amide bonds. The molecule has 1 aliphatic carbocycles. The Morgan fingerprint density at radius 2 is 1.16 bits per heavy atom. The summed E-state index contributed by atoms with van der Waals surface area (Å²) in [6.45, 7) is 6.94. The molecule has 0 unspecified atom stereocenters. The van der Waals surface area contributed by atoms with Gasteiger partial charge in [0.25, 0.3) is 0 Å². The van der Waals surface area contributed by atoms with Crippen molar-refractivity contribution >= 4 is 37.5 Å². The van der Waals surface area contributed by atoms with Crippen molar-refractivity contribution in [2.75, 3.05) is 0 Å². The molecule has 4 aromatic carbocycles. The Bertz CT molecular complexity index is 1090. The monoisotopic (exact) mass is 386 g/mol. The highest BCUT2D eigenvalue weighted by molar-refractivity contribution is 9.10. The van der Waals surface area contributed by atoms with Crippen molar-refractivity contribution in [1.82, 2.24) is 0 Å². The summed E-state index contributed by atoms with van der Waals surface area (Å²) in [7, 11) is 0. The Morgan fingerprint density at radius 3 is 1.80 bits per heavy atom. The van der Waals surface area contributed by atoms with Crippen LogP contribution in [0.25, 0.3) is 32.7 Å². The molecule has 0 aliphatic heterocycles. The molecule has 4 aromatic rings. The maximum Gasteiger partial charge on any atom is 0.0257 e. The molecular formula is C24H19Br. The number of fused-ring (bicyclic) bond motifs is 7. The Labute approximate surface area is 156 Å². The van der Waals surface area contributed by atoms with Gasteiger partial charge in [-0.25, -0.2) is 0 Å². The fourth-order valence-corrected chi connectivity index (χ4v) is 5.13. The lowest BCUT2D eigenvalue weighted by molar-refractivity contribution is 0.660. The van der Waals surface area contributed by atoms with Gasteiger partial charge < -0.3 is 0 Å². The van der Waals surface area contributed by atoms with E-state index >= 15 is 0 Å². The number of benzene rings is 4. The van der Waals surface area contributed by atoms with Crippen LogP contribution in [0.3, 0.4) is 0 Å². The first-order chi connectivity index (χ1) is 12.0. The van der Waals surface area contributed by atoms with Crippen LogP contribution in [0.2, 0.25) is 0 Å². The minimum Gasteiger partial charge on any atom is -0.0616 e. The molecule has 0 atom stereocenters. The average molecular weight is 387 g/mol.